The Morgan fingerprint density at radius 2 is 1.80 bits per heavy atom. The van der Waals surface area contributed by atoms with Gasteiger partial charge in [0.1, 0.15) is 0 Å². The first-order valence-corrected chi connectivity index (χ1v) is 10.9. The second kappa shape index (κ2) is 5.84. The lowest BCUT2D eigenvalue weighted by Gasteiger charge is -2.24. The lowest BCUT2D eigenvalue weighted by Crippen LogP contribution is -2.18. The molecule has 0 saturated carbocycles. The summed E-state index contributed by atoms with van der Waals surface area (Å²) in [6.07, 6.45) is 0. The van der Waals surface area contributed by atoms with Gasteiger partial charge in [0.25, 0.3) is 0 Å². The maximum absolute atomic E-state index is 14.3. The molecule has 0 aliphatic carbocycles. The third-order valence-corrected chi connectivity index (χ3v) is 11.3. The van der Waals surface area contributed by atoms with Gasteiger partial charge in [0.2, 0.25) is 0 Å². The fourth-order valence-corrected chi connectivity index (χ4v) is 10.2. The van der Waals surface area contributed by atoms with Crippen LogP contribution in [0.5, 0.6) is 0 Å². The van der Waals surface area contributed by atoms with Crippen molar-refractivity contribution in [3.05, 3.63) is 0 Å². The molecular weight excluding hydrogens is 369 g/mol. The molecule has 16 heteroatoms. The number of carbonyl (C=O) groups excluding carboxylic acids is 1. The van der Waals surface area contributed by atoms with Crippen LogP contribution in [0, 0.1) is 0 Å². The average molecular weight is 380 g/mol. The fraction of sp³-hybridized carbons (Fsp3) is 0.750. The Kier molecular flexibility index (Phi) is 5.36. The molecule has 0 bridgehead atoms. The van der Waals surface area contributed by atoms with Crippen LogP contribution in [0.4, 0.5) is 21.0 Å². The van der Waals surface area contributed by atoms with Gasteiger partial charge in [-0.05, 0) is 18.3 Å². The molecule has 1 aliphatic heterocycles. The molecule has 20 heavy (non-hydrogen) atoms. The summed E-state index contributed by atoms with van der Waals surface area (Å²) < 4.78 is 81.5. The standard InChI is InChI=1S/C4H11F5N5O2P4/c1-14(2)19(8)10-17(5,4-15)11-20(9,16-3)13-18(6,7)12-19/h4,10H,1-3H3/q+1. The minimum Gasteiger partial charge on any atom is -0.305 e. The monoisotopic (exact) mass is 380 g/mol. The van der Waals surface area contributed by atoms with E-state index < -0.39 is 37.1 Å². The number of hydrogen-bond acceptors (Lipinski definition) is 7. The highest BCUT2D eigenvalue weighted by atomic mass is 31.3. The molecule has 3 unspecified atom stereocenters. The molecular formula is C4H11F5N5O2P4+. The summed E-state index contributed by atoms with van der Waals surface area (Å²) in [6.45, 7) is 0. The highest BCUT2D eigenvalue weighted by Gasteiger charge is 2.54. The molecule has 0 spiro atoms. The number of rotatable bonds is 3. The van der Waals surface area contributed by atoms with Gasteiger partial charge in [0.15, 0.2) is 0 Å². The molecule has 3 atom stereocenters. The minimum atomic E-state index is -5.78. The largest absolute Gasteiger partial charge is 0.469 e. The van der Waals surface area contributed by atoms with E-state index in [1.807, 2.05) is 0 Å². The van der Waals surface area contributed by atoms with E-state index in [0.717, 1.165) is 14.1 Å². The molecule has 0 aromatic carbocycles. The number of halogens is 5. The summed E-state index contributed by atoms with van der Waals surface area (Å²) in [5.74, 6) is 0. The second-order valence-corrected chi connectivity index (χ2v) is 12.0. The van der Waals surface area contributed by atoms with Crippen molar-refractivity contribution in [2.24, 2.45) is 13.5 Å². The molecule has 1 heterocycles. The van der Waals surface area contributed by atoms with Gasteiger partial charge in [-0.15, -0.1) is 17.4 Å². The number of hydrogen-bond donors (Lipinski definition) is 1. The van der Waals surface area contributed by atoms with E-state index in [1.165, 1.54) is 4.86 Å². The van der Waals surface area contributed by atoms with Crippen molar-refractivity contribution in [3.63, 3.8) is 0 Å². The molecule has 118 valence electrons. The van der Waals surface area contributed by atoms with Gasteiger partial charge in [-0.25, -0.2) is 9.46 Å². The Morgan fingerprint density at radius 1 is 1.25 bits per heavy atom. The molecule has 0 aromatic heterocycles. The van der Waals surface area contributed by atoms with Crippen LogP contribution in [0.25, 0.3) is 0 Å². The van der Waals surface area contributed by atoms with Crippen LogP contribution in [-0.4, -0.2) is 31.9 Å². The molecule has 0 radical (unpaired) electrons. The van der Waals surface area contributed by atoms with E-state index in [-0.39, 0.29) is 0 Å². The SMILES string of the molecule is COP1(F)=N[P+](F)(C=O)NP(F)(N(C)C)=NP(F)(F)=N1. The third kappa shape index (κ3) is 4.17. The Labute approximate surface area is 112 Å². The first-order valence-electron chi connectivity index (χ1n) is 4.67. The van der Waals surface area contributed by atoms with Crippen LogP contribution in [0.3, 0.4) is 0 Å². The van der Waals surface area contributed by atoms with E-state index in [4.69, 9.17) is 0 Å². The van der Waals surface area contributed by atoms with Crippen molar-refractivity contribution in [2.45, 2.75) is 0 Å². The number of nitrogens with one attached hydrogen (secondary N) is 1. The highest BCUT2D eigenvalue weighted by molar-refractivity contribution is 7.92. The summed E-state index contributed by atoms with van der Waals surface area (Å²) in [5.41, 5.74) is 0. The normalized spacial score (nSPS) is 40.9. The van der Waals surface area contributed by atoms with Gasteiger partial charge in [0, 0.05) is 11.6 Å². The van der Waals surface area contributed by atoms with Gasteiger partial charge < -0.3 is 4.52 Å². The topological polar surface area (TPSA) is 78.6 Å². The van der Waals surface area contributed by atoms with Crippen molar-refractivity contribution in [1.29, 1.82) is 0 Å². The average Bonchev–Trinajstić information content (AvgIpc) is 2.25. The van der Waals surface area contributed by atoms with Gasteiger partial charge >= 0.3 is 37.1 Å². The summed E-state index contributed by atoms with van der Waals surface area (Å²) in [6, 6.07) is -0.467. The van der Waals surface area contributed by atoms with Crippen LogP contribution >= 0.6 is 31.1 Å². The predicted molar refractivity (Wildman–Crippen MR) is 71.1 cm³/mol. The zero-order valence-electron chi connectivity index (χ0n) is 10.4. The fourth-order valence-electron chi connectivity index (χ4n) is 0.977. The van der Waals surface area contributed by atoms with E-state index in [1.54, 1.807) is 0 Å². The van der Waals surface area contributed by atoms with E-state index in [0.29, 0.717) is 11.8 Å². The Hall–Kier alpha value is 0.320. The van der Waals surface area contributed by atoms with Gasteiger partial charge in [-0.3, -0.25) is 0 Å². The molecule has 7 nitrogen and oxygen atoms in total. The quantitative estimate of drug-likeness (QED) is 0.402. The van der Waals surface area contributed by atoms with E-state index in [9.17, 15) is 25.8 Å². The third-order valence-electron chi connectivity index (χ3n) is 1.85. The molecule has 1 aliphatic rings. The predicted octanol–water partition coefficient (Wildman–Crippen LogP) is 5.44. The molecule has 0 amide bonds. The smallest absolute Gasteiger partial charge is 0.305 e. The van der Waals surface area contributed by atoms with Gasteiger partial charge in [-0.2, -0.15) is 8.39 Å². The van der Waals surface area contributed by atoms with Crippen LogP contribution in [-0.2, 0) is 9.32 Å². The molecule has 1 rings (SSSR count). The summed E-state index contributed by atoms with van der Waals surface area (Å²) in [7, 11) is -17.9. The minimum absolute atomic E-state index is 0.467. The molecule has 0 saturated heterocycles. The van der Waals surface area contributed by atoms with Crippen molar-refractivity contribution in [1.82, 2.24) is 9.53 Å². The zero-order chi connectivity index (χ0) is 15.8. The lowest BCUT2D eigenvalue weighted by atomic mass is 11.3. The van der Waals surface area contributed by atoms with Crippen LogP contribution in [0.1, 0.15) is 0 Å². The molecule has 0 aromatic rings. The van der Waals surface area contributed by atoms with Crippen molar-refractivity contribution >= 4 is 37.1 Å². The van der Waals surface area contributed by atoms with Crippen LogP contribution in [0.15, 0.2) is 13.5 Å². The maximum Gasteiger partial charge on any atom is 0.469 e. The summed E-state index contributed by atoms with van der Waals surface area (Å²) in [5, 5.41) is 0. The van der Waals surface area contributed by atoms with E-state index in [2.05, 4.69) is 18.1 Å². The summed E-state index contributed by atoms with van der Waals surface area (Å²) >= 11 is 0. The molecule has 0 fully saturated rings. The summed E-state index contributed by atoms with van der Waals surface area (Å²) in [4.78, 5) is 12.1. The van der Waals surface area contributed by atoms with Crippen molar-refractivity contribution in [3.8, 4) is 0 Å². The Bertz CT molecular complexity index is 576. The van der Waals surface area contributed by atoms with Gasteiger partial charge in [-0.1, -0.05) is 4.86 Å². The first-order chi connectivity index (χ1) is 8.89. The Morgan fingerprint density at radius 3 is 2.20 bits per heavy atom. The maximum atomic E-state index is 14.3. The lowest BCUT2D eigenvalue weighted by molar-refractivity contribution is 0.420. The first kappa shape index (κ1) is 18.4. The van der Waals surface area contributed by atoms with E-state index >= 15 is 0 Å². The van der Waals surface area contributed by atoms with Crippen LogP contribution < -0.4 is 4.86 Å². The molecule has 1 N–H and O–H groups in total. The number of nitrogens with zero attached hydrogens (tertiary/aromatic N) is 4. The van der Waals surface area contributed by atoms with Crippen LogP contribution in [0.2, 0.25) is 0 Å². The Balaban J connectivity index is 3.72. The highest BCUT2D eigenvalue weighted by Crippen LogP contribution is 2.81. The van der Waals surface area contributed by atoms with Gasteiger partial charge in [0.05, 0.1) is 0 Å². The second-order valence-electron chi connectivity index (χ2n) is 3.56. The van der Waals surface area contributed by atoms with Crippen molar-refractivity contribution < 1.29 is 30.3 Å². The van der Waals surface area contributed by atoms with Crippen molar-refractivity contribution in [2.75, 3.05) is 21.2 Å². The zero-order valence-corrected chi connectivity index (χ0v) is 13.9. The number of carbonyl (C=O) groups is 1.